The summed E-state index contributed by atoms with van der Waals surface area (Å²) < 4.78 is 0. The molecule has 1 aliphatic heterocycles. The van der Waals surface area contributed by atoms with Gasteiger partial charge in [-0.1, -0.05) is 0 Å². The lowest BCUT2D eigenvalue weighted by molar-refractivity contribution is -0.115. The summed E-state index contributed by atoms with van der Waals surface area (Å²) in [6.07, 6.45) is 0.370. The standard InChI is InChI=1S/C13H16N2O2/c1-3-15(4-2)13(17)9-5-6-11-10(7-9)8-12(16)14-11/h5-7H,3-4,8H2,1-2H3,(H,14,16). The molecule has 2 amide bonds. The van der Waals surface area contributed by atoms with Crippen LogP contribution in [0.25, 0.3) is 0 Å². The van der Waals surface area contributed by atoms with Gasteiger partial charge in [0.05, 0.1) is 6.42 Å². The summed E-state index contributed by atoms with van der Waals surface area (Å²) in [5.41, 5.74) is 2.39. The molecule has 1 aliphatic rings. The normalized spacial score (nSPS) is 13.2. The minimum atomic E-state index is -0.00700. The Labute approximate surface area is 101 Å². The number of carbonyl (C=O) groups is 2. The van der Waals surface area contributed by atoms with Crippen LogP contribution in [0.1, 0.15) is 29.8 Å². The number of hydrogen-bond donors (Lipinski definition) is 1. The Morgan fingerprint density at radius 1 is 1.35 bits per heavy atom. The van der Waals surface area contributed by atoms with Crippen LogP contribution >= 0.6 is 0 Å². The third kappa shape index (κ3) is 2.16. The van der Waals surface area contributed by atoms with Gasteiger partial charge in [-0.15, -0.1) is 0 Å². The van der Waals surface area contributed by atoms with E-state index < -0.39 is 0 Å². The lowest BCUT2D eigenvalue weighted by atomic mass is 10.1. The van der Waals surface area contributed by atoms with Gasteiger partial charge in [-0.05, 0) is 37.6 Å². The van der Waals surface area contributed by atoms with Gasteiger partial charge in [0.25, 0.3) is 5.91 Å². The fourth-order valence-electron chi connectivity index (χ4n) is 2.06. The quantitative estimate of drug-likeness (QED) is 0.861. The predicted molar refractivity (Wildman–Crippen MR) is 66.0 cm³/mol. The van der Waals surface area contributed by atoms with Crippen LogP contribution in [0.15, 0.2) is 18.2 Å². The topological polar surface area (TPSA) is 49.4 Å². The molecule has 90 valence electrons. The molecular formula is C13H16N2O2. The molecule has 1 aromatic carbocycles. The van der Waals surface area contributed by atoms with E-state index in [1.165, 1.54) is 0 Å². The third-order valence-corrected chi connectivity index (χ3v) is 3.03. The zero-order chi connectivity index (χ0) is 12.4. The van der Waals surface area contributed by atoms with Crippen LogP contribution in [-0.4, -0.2) is 29.8 Å². The Hall–Kier alpha value is -1.84. The Balaban J connectivity index is 2.27. The van der Waals surface area contributed by atoms with E-state index in [0.717, 1.165) is 11.3 Å². The summed E-state index contributed by atoms with van der Waals surface area (Å²) in [5, 5.41) is 2.76. The van der Waals surface area contributed by atoms with Crippen LogP contribution in [0.5, 0.6) is 0 Å². The van der Waals surface area contributed by atoms with Crippen LogP contribution in [0.2, 0.25) is 0 Å². The molecule has 0 aliphatic carbocycles. The molecule has 0 saturated carbocycles. The van der Waals surface area contributed by atoms with Gasteiger partial charge in [0.2, 0.25) is 5.91 Å². The van der Waals surface area contributed by atoms with Crippen molar-refractivity contribution in [3.63, 3.8) is 0 Å². The molecule has 4 nitrogen and oxygen atoms in total. The third-order valence-electron chi connectivity index (χ3n) is 3.03. The first kappa shape index (κ1) is 11.6. The molecule has 0 bridgehead atoms. The molecule has 0 fully saturated rings. The molecular weight excluding hydrogens is 216 g/mol. The largest absolute Gasteiger partial charge is 0.339 e. The van der Waals surface area contributed by atoms with Crippen LogP contribution in [0, 0.1) is 0 Å². The van der Waals surface area contributed by atoms with Gasteiger partial charge < -0.3 is 10.2 Å². The Bertz CT molecular complexity index is 464. The van der Waals surface area contributed by atoms with Crippen LogP contribution < -0.4 is 5.32 Å². The van der Waals surface area contributed by atoms with Crippen molar-refractivity contribution in [2.24, 2.45) is 0 Å². The lowest BCUT2D eigenvalue weighted by Crippen LogP contribution is -2.30. The van der Waals surface area contributed by atoms with E-state index in [9.17, 15) is 9.59 Å². The van der Waals surface area contributed by atoms with E-state index >= 15 is 0 Å². The zero-order valence-corrected chi connectivity index (χ0v) is 10.1. The van der Waals surface area contributed by atoms with Gasteiger partial charge in [-0.25, -0.2) is 0 Å². The fraction of sp³-hybridized carbons (Fsp3) is 0.385. The summed E-state index contributed by atoms with van der Waals surface area (Å²) in [6.45, 7) is 5.31. The van der Waals surface area contributed by atoms with E-state index in [1.54, 1.807) is 17.0 Å². The highest BCUT2D eigenvalue weighted by Gasteiger charge is 2.20. The first-order valence-corrected chi connectivity index (χ1v) is 5.87. The van der Waals surface area contributed by atoms with Crippen molar-refractivity contribution in [3.05, 3.63) is 29.3 Å². The van der Waals surface area contributed by atoms with Gasteiger partial charge in [-0.2, -0.15) is 0 Å². The molecule has 1 aromatic rings. The molecule has 0 saturated heterocycles. The second-order valence-corrected chi connectivity index (χ2v) is 4.07. The number of fused-ring (bicyclic) bond motifs is 1. The second-order valence-electron chi connectivity index (χ2n) is 4.07. The summed E-state index contributed by atoms with van der Waals surface area (Å²) in [6, 6.07) is 5.38. The number of benzene rings is 1. The van der Waals surface area contributed by atoms with Crippen molar-refractivity contribution < 1.29 is 9.59 Å². The summed E-state index contributed by atoms with van der Waals surface area (Å²) in [4.78, 5) is 25.1. The number of anilines is 1. The number of rotatable bonds is 3. The average Bonchev–Trinajstić information content (AvgIpc) is 2.69. The molecule has 0 unspecified atom stereocenters. The van der Waals surface area contributed by atoms with Crippen molar-refractivity contribution in [3.8, 4) is 0 Å². The molecule has 0 atom stereocenters. The lowest BCUT2D eigenvalue weighted by Gasteiger charge is -2.18. The highest BCUT2D eigenvalue weighted by molar-refractivity contribution is 6.01. The van der Waals surface area contributed by atoms with Crippen molar-refractivity contribution in [2.75, 3.05) is 18.4 Å². The van der Waals surface area contributed by atoms with E-state index in [0.29, 0.717) is 25.1 Å². The molecule has 1 N–H and O–H groups in total. The maximum Gasteiger partial charge on any atom is 0.253 e. The average molecular weight is 232 g/mol. The molecule has 17 heavy (non-hydrogen) atoms. The smallest absolute Gasteiger partial charge is 0.253 e. The van der Waals surface area contributed by atoms with E-state index in [1.807, 2.05) is 19.9 Å². The van der Waals surface area contributed by atoms with Gasteiger partial charge in [0.15, 0.2) is 0 Å². The van der Waals surface area contributed by atoms with Crippen LogP contribution in [0.3, 0.4) is 0 Å². The molecule has 4 heteroatoms. The first-order chi connectivity index (χ1) is 8.15. The first-order valence-electron chi connectivity index (χ1n) is 5.87. The van der Waals surface area contributed by atoms with E-state index in [4.69, 9.17) is 0 Å². The summed E-state index contributed by atoms with van der Waals surface area (Å²) in [7, 11) is 0. The Kier molecular flexibility index (Phi) is 3.13. The van der Waals surface area contributed by atoms with E-state index in [2.05, 4.69) is 5.32 Å². The minimum absolute atomic E-state index is 0.00700. The number of carbonyl (C=O) groups excluding carboxylic acids is 2. The van der Waals surface area contributed by atoms with Crippen molar-refractivity contribution in [1.29, 1.82) is 0 Å². The minimum Gasteiger partial charge on any atom is -0.339 e. The number of hydrogen-bond acceptors (Lipinski definition) is 2. The summed E-state index contributed by atoms with van der Waals surface area (Å²) in [5.74, 6) is 0.0181. The Morgan fingerprint density at radius 3 is 2.71 bits per heavy atom. The van der Waals surface area contributed by atoms with Crippen molar-refractivity contribution >= 4 is 17.5 Å². The number of amides is 2. The van der Waals surface area contributed by atoms with Gasteiger partial charge in [0.1, 0.15) is 0 Å². The molecule has 0 aromatic heterocycles. The molecule has 0 radical (unpaired) electrons. The monoisotopic (exact) mass is 232 g/mol. The van der Waals surface area contributed by atoms with Gasteiger partial charge >= 0.3 is 0 Å². The summed E-state index contributed by atoms with van der Waals surface area (Å²) >= 11 is 0. The van der Waals surface area contributed by atoms with Crippen LogP contribution in [0.4, 0.5) is 5.69 Å². The fourth-order valence-corrected chi connectivity index (χ4v) is 2.06. The number of nitrogens with one attached hydrogen (secondary N) is 1. The highest BCUT2D eigenvalue weighted by Crippen LogP contribution is 2.24. The molecule has 0 spiro atoms. The predicted octanol–water partition coefficient (Wildman–Crippen LogP) is 1.66. The molecule has 2 rings (SSSR count). The van der Waals surface area contributed by atoms with Crippen molar-refractivity contribution in [1.82, 2.24) is 4.90 Å². The molecule has 1 heterocycles. The van der Waals surface area contributed by atoms with Crippen LogP contribution in [-0.2, 0) is 11.2 Å². The van der Waals surface area contributed by atoms with E-state index in [-0.39, 0.29) is 11.8 Å². The highest BCUT2D eigenvalue weighted by atomic mass is 16.2. The maximum atomic E-state index is 12.1. The van der Waals surface area contributed by atoms with Crippen molar-refractivity contribution in [2.45, 2.75) is 20.3 Å². The number of nitrogens with zero attached hydrogens (tertiary/aromatic N) is 1. The maximum absolute atomic E-state index is 12.1. The SMILES string of the molecule is CCN(CC)C(=O)c1ccc2c(c1)CC(=O)N2. The Morgan fingerprint density at radius 2 is 2.06 bits per heavy atom. The van der Waals surface area contributed by atoms with Gasteiger partial charge in [-0.3, -0.25) is 9.59 Å². The van der Waals surface area contributed by atoms with Gasteiger partial charge in [0, 0.05) is 24.3 Å². The zero-order valence-electron chi connectivity index (χ0n) is 10.1. The second kappa shape index (κ2) is 4.57.